The molecule has 0 aliphatic rings. The maximum Gasteiger partial charge on any atom is 0.224 e. The molecule has 164 valence electrons. The molecule has 7 heteroatoms. The monoisotopic (exact) mass is 448 g/mol. The van der Waals surface area contributed by atoms with Crippen molar-refractivity contribution in [2.75, 3.05) is 13.7 Å². The molecule has 0 fully saturated rings. The van der Waals surface area contributed by atoms with Gasteiger partial charge in [-0.05, 0) is 41.8 Å². The van der Waals surface area contributed by atoms with Crippen LogP contribution < -0.4 is 10.1 Å². The Morgan fingerprint density at radius 3 is 2.72 bits per heavy atom. The quantitative estimate of drug-likeness (QED) is 0.416. The average molecular weight is 449 g/mol. The van der Waals surface area contributed by atoms with Gasteiger partial charge in [0.15, 0.2) is 5.65 Å². The first-order chi connectivity index (χ1) is 15.6. The SMILES string of the molecule is COc1ccc(CC(=O)NCCn2c(CCc3ccccc3)nc3cccnc32)c(Cl)c1. The van der Waals surface area contributed by atoms with E-state index in [0.29, 0.717) is 23.9 Å². The number of halogens is 1. The van der Waals surface area contributed by atoms with E-state index in [0.717, 1.165) is 35.4 Å². The number of methoxy groups -OCH3 is 1. The zero-order valence-electron chi connectivity index (χ0n) is 17.9. The highest BCUT2D eigenvalue weighted by Gasteiger charge is 2.13. The minimum absolute atomic E-state index is 0.0831. The molecule has 2 heterocycles. The molecule has 0 saturated heterocycles. The molecule has 2 aromatic heterocycles. The smallest absolute Gasteiger partial charge is 0.224 e. The van der Waals surface area contributed by atoms with Crippen LogP contribution in [0.2, 0.25) is 5.02 Å². The number of fused-ring (bicyclic) bond motifs is 1. The van der Waals surface area contributed by atoms with Gasteiger partial charge in [0, 0.05) is 30.7 Å². The molecular weight excluding hydrogens is 424 g/mol. The van der Waals surface area contributed by atoms with Crippen molar-refractivity contribution in [3.8, 4) is 5.75 Å². The molecule has 0 aliphatic heterocycles. The van der Waals surface area contributed by atoms with E-state index in [1.807, 2.05) is 36.4 Å². The number of imidazole rings is 1. The number of hydrogen-bond donors (Lipinski definition) is 1. The summed E-state index contributed by atoms with van der Waals surface area (Å²) in [5, 5.41) is 3.51. The lowest BCUT2D eigenvalue weighted by Gasteiger charge is -2.11. The van der Waals surface area contributed by atoms with Gasteiger partial charge in [-0.25, -0.2) is 9.97 Å². The minimum atomic E-state index is -0.0831. The fourth-order valence-corrected chi connectivity index (χ4v) is 3.91. The topological polar surface area (TPSA) is 69.0 Å². The third-order valence-electron chi connectivity index (χ3n) is 5.33. The fraction of sp³-hybridized carbons (Fsp3) is 0.240. The highest BCUT2D eigenvalue weighted by atomic mass is 35.5. The summed E-state index contributed by atoms with van der Waals surface area (Å²) in [5.74, 6) is 1.55. The molecule has 1 N–H and O–H groups in total. The zero-order chi connectivity index (χ0) is 22.3. The van der Waals surface area contributed by atoms with Crippen molar-refractivity contribution >= 4 is 28.7 Å². The summed E-state index contributed by atoms with van der Waals surface area (Å²) in [6, 6.07) is 19.5. The Bertz CT molecular complexity index is 1210. The van der Waals surface area contributed by atoms with Crippen molar-refractivity contribution in [1.82, 2.24) is 19.9 Å². The van der Waals surface area contributed by atoms with Gasteiger partial charge in [0.05, 0.1) is 13.5 Å². The van der Waals surface area contributed by atoms with Crippen LogP contribution in [0.15, 0.2) is 66.9 Å². The molecule has 1 amide bonds. The van der Waals surface area contributed by atoms with Gasteiger partial charge in [-0.15, -0.1) is 0 Å². The molecule has 6 nitrogen and oxygen atoms in total. The molecule has 0 radical (unpaired) electrons. The van der Waals surface area contributed by atoms with Crippen LogP contribution in [0.25, 0.3) is 11.2 Å². The summed E-state index contributed by atoms with van der Waals surface area (Å²) in [7, 11) is 1.58. The number of aromatic nitrogens is 3. The van der Waals surface area contributed by atoms with Crippen LogP contribution in [-0.4, -0.2) is 34.1 Å². The summed E-state index contributed by atoms with van der Waals surface area (Å²) in [5.41, 5.74) is 3.74. The highest BCUT2D eigenvalue weighted by molar-refractivity contribution is 6.31. The maximum absolute atomic E-state index is 12.5. The number of benzene rings is 2. The van der Waals surface area contributed by atoms with E-state index in [1.54, 1.807) is 25.4 Å². The summed E-state index contributed by atoms with van der Waals surface area (Å²) in [6.07, 6.45) is 3.68. The van der Waals surface area contributed by atoms with Crippen LogP contribution in [0.5, 0.6) is 5.75 Å². The largest absolute Gasteiger partial charge is 0.497 e. The molecule has 4 rings (SSSR count). The Labute approximate surface area is 192 Å². The van der Waals surface area contributed by atoms with Crippen LogP contribution in [0.3, 0.4) is 0 Å². The number of nitrogens with zero attached hydrogens (tertiary/aromatic N) is 3. The van der Waals surface area contributed by atoms with Gasteiger partial charge in [-0.1, -0.05) is 48.0 Å². The Balaban J connectivity index is 1.40. The van der Waals surface area contributed by atoms with Gasteiger partial charge >= 0.3 is 0 Å². The van der Waals surface area contributed by atoms with Crippen molar-refractivity contribution in [1.29, 1.82) is 0 Å². The molecule has 0 atom stereocenters. The van der Waals surface area contributed by atoms with Crippen LogP contribution >= 0.6 is 11.6 Å². The lowest BCUT2D eigenvalue weighted by atomic mass is 10.1. The number of carbonyl (C=O) groups is 1. The van der Waals surface area contributed by atoms with Gasteiger partial charge in [-0.2, -0.15) is 0 Å². The summed E-state index contributed by atoms with van der Waals surface area (Å²) in [4.78, 5) is 21.8. The molecule has 0 saturated carbocycles. The van der Waals surface area contributed by atoms with Crippen molar-refractivity contribution in [3.05, 3.63) is 88.8 Å². The summed E-state index contributed by atoms with van der Waals surface area (Å²) >= 11 is 6.26. The number of hydrogen-bond acceptors (Lipinski definition) is 4. The Morgan fingerprint density at radius 2 is 1.94 bits per heavy atom. The maximum atomic E-state index is 12.5. The summed E-state index contributed by atoms with van der Waals surface area (Å²) < 4.78 is 7.25. The molecule has 4 aromatic rings. The van der Waals surface area contributed by atoms with E-state index in [2.05, 4.69) is 27.0 Å². The van der Waals surface area contributed by atoms with Gasteiger partial charge in [0.1, 0.15) is 17.1 Å². The predicted octanol–water partition coefficient (Wildman–Crippen LogP) is 4.24. The molecule has 32 heavy (non-hydrogen) atoms. The molecule has 0 bridgehead atoms. The van der Waals surface area contributed by atoms with Crippen LogP contribution in [0, 0.1) is 0 Å². The first-order valence-electron chi connectivity index (χ1n) is 10.6. The fourth-order valence-electron chi connectivity index (χ4n) is 3.67. The van der Waals surface area contributed by atoms with Gasteiger partial charge in [-0.3, -0.25) is 4.79 Å². The van der Waals surface area contributed by atoms with Crippen LogP contribution in [-0.2, 0) is 30.6 Å². The van der Waals surface area contributed by atoms with Gasteiger partial charge < -0.3 is 14.6 Å². The highest BCUT2D eigenvalue weighted by Crippen LogP contribution is 2.22. The molecule has 0 spiro atoms. The lowest BCUT2D eigenvalue weighted by molar-refractivity contribution is -0.120. The molecule has 0 aliphatic carbocycles. The van der Waals surface area contributed by atoms with Crippen LogP contribution in [0.4, 0.5) is 0 Å². The van der Waals surface area contributed by atoms with E-state index in [9.17, 15) is 4.79 Å². The Morgan fingerprint density at radius 1 is 1.09 bits per heavy atom. The number of aryl methyl sites for hydroxylation is 2. The number of carbonyl (C=O) groups excluding carboxylic acids is 1. The first-order valence-corrected chi connectivity index (χ1v) is 10.9. The molecule has 2 aromatic carbocycles. The van der Waals surface area contributed by atoms with E-state index < -0.39 is 0 Å². The molecule has 0 unspecified atom stereocenters. The minimum Gasteiger partial charge on any atom is -0.497 e. The first kappa shape index (κ1) is 21.8. The van der Waals surface area contributed by atoms with Crippen molar-refractivity contribution in [2.45, 2.75) is 25.8 Å². The lowest BCUT2D eigenvalue weighted by Crippen LogP contribution is -2.29. The van der Waals surface area contributed by atoms with E-state index >= 15 is 0 Å². The second kappa shape index (κ2) is 10.3. The Kier molecular flexibility index (Phi) is 7.02. The Hall–Kier alpha value is -3.38. The zero-order valence-corrected chi connectivity index (χ0v) is 18.7. The van der Waals surface area contributed by atoms with E-state index in [-0.39, 0.29) is 12.3 Å². The number of amides is 1. The number of rotatable bonds is 9. The van der Waals surface area contributed by atoms with Crippen LogP contribution in [0.1, 0.15) is 17.0 Å². The van der Waals surface area contributed by atoms with E-state index in [4.69, 9.17) is 21.3 Å². The van der Waals surface area contributed by atoms with Gasteiger partial charge in [0.25, 0.3) is 0 Å². The van der Waals surface area contributed by atoms with Crippen molar-refractivity contribution in [2.24, 2.45) is 0 Å². The van der Waals surface area contributed by atoms with Crippen molar-refractivity contribution in [3.63, 3.8) is 0 Å². The number of pyridine rings is 1. The third-order valence-corrected chi connectivity index (χ3v) is 5.68. The van der Waals surface area contributed by atoms with E-state index in [1.165, 1.54) is 5.56 Å². The summed E-state index contributed by atoms with van der Waals surface area (Å²) in [6.45, 7) is 1.08. The molecular formula is C25H25ClN4O2. The standard InChI is InChI=1S/C25H25ClN4O2/c1-32-20-11-10-19(21(26)17-20)16-24(31)27-14-15-30-23(12-9-18-6-3-2-4-7-18)29-22-8-5-13-28-25(22)30/h2-8,10-11,13,17H,9,12,14-16H2,1H3,(H,27,31). The number of nitrogens with one attached hydrogen (secondary N) is 1. The van der Waals surface area contributed by atoms with Crippen molar-refractivity contribution < 1.29 is 9.53 Å². The second-order valence-corrected chi connectivity index (χ2v) is 7.90. The predicted molar refractivity (Wildman–Crippen MR) is 126 cm³/mol. The second-order valence-electron chi connectivity index (χ2n) is 7.50. The van der Waals surface area contributed by atoms with Gasteiger partial charge in [0.2, 0.25) is 5.91 Å². The third kappa shape index (κ3) is 5.26. The number of ether oxygens (including phenoxy) is 1. The average Bonchev–Trinajstić information content (AvgIpc) is 3.17. The normalized spacial score (nSPS) is 10.9.